The molecule has 23 heavy (non-hydrogen) atoms. The number of nitrogens with zero attached hydrogens (tertiary/aromatic N) is 3. The van der Waals surface area contributed by atoms with Crippen LogP contribution in [0.3, 0.4) is 0 Å². The molecule has 2 aromatic rings. The van der Waals surface area contributed by atoms with Crippen molar-refractivity contribution in [3.05, 3.63) is 45.2 Å². The van der Waals surface area contributed by atoms with Gasteiger partial charge >= 0.3 is 0 Å². The summed E-state index contributed by atoms with van der Waals surface area (Å²) in [6.07, 6.45) is 1.17. The average molecular weight is 332 g/mol. The van der Waals surface area contributed by atoms with Crippen LogP contribution in [-0.2, 0) is 6.54 Å². The van der Waals surface area contributed by atoms with Crippen LogP contribution in [0.15, 0.2) is 28.6 Å². The lowest BCUT2D eigenvalue weighted by Crippen LogP contribution is -2.26. The summed E-state index contributed by atoms with van der Waals surface area (Å²) in [5.74, 6) is 0. The molecule has 1 heterocycles. The molecule has 0 N–H and O–H groups in total. The molecule has 0 aliphatic carbocycles. The first-order valence-corrected chi connectivity index (χ1v) is 9.43. The highest BCUT2D eigenvalue weighted by Gasteiger charge is 2.05. The molecule has 0 radical (unpaired) electrons. The molecule has 3 nitrogen and oxygen atoms in total. The Kier molecular flexibility index (Phi) is 6.60. The fourth-order valence-corrected chi connectivity index (χ4v) is 3.75. The fraction of sp³-hybridized carbons (Fsp3) is 0.526. The third kappa shape index (κ3) is 4.55. The van der Waals surface area contributed by atoms with E-state index in [4.69, 9.17) is 4.99 Å². The zero-order valence-electron chi connectivity index (χ0n) is 15.1. The monoisotopic (exact) mass is 331 g/mol. The Morgan fingerprint density at radius 1 is 1.09 bits per heavy atom. The molecule has 0 amide bonds. The molecule has 0 spiro atoms. The molecular formula is C19H29N3S. The van der Waals surface area contributed by atoms with Gasteiger partial charge in [-0.1, -0.05) is 32.0 Å². The van der Waals surface area contributed by atoms with Gasteiger partial charge in [-0.15, -0.1) is 11.3 Å². The minimum absolute atomic E-state index is 1.04. The summed E-state index contributed by atoms with van der Waals surface area (Å²) in [6, 6.07) is 6.37. The van der Waals surface area contributed by atoms with Gasteiger partial charge in [-0.25, -0.2) is 4.99 Å². The van der Waals surface area contributed by atoms with Crippen LogP contribution in [0.2, 0.25) is 0 Å². The van der Waals surface area contributed by atoms with Gasteiger partial charge in [0.25, 0.3) is 0 Å². The van der Waals surface area contributed by atoms with Crippen molar-refractivity contribution in [3.8, 4) is 0 Å². The van der Waals surface area contributed by atoms with Gasteiger partial charge in [-0.3, -0.25) is 0 Å². The Bertz CT molecular complexity index is 673. The van der Waals surface area contributed by atoms with Crippen LogP contribution >= 0.6 is 11.3 Å². The summed E-state index contributed by atoms with van der Waals surface area (Å²) < 4.78 is 2.36. The summed E-state index contributed by atoms with van der Waals surface area (Å²) >= 11 is 1.74. The van der Waals surface area contributed by atoms with Gasteiger partial charge in [0.15, 0.2) is 4.80 Å². The van der Waals surface area contributed by atoms with E-state index in [0.717, 1.165) is 36.7 Å². The van der Waals surface area contributed by atoms with Crippen molar-refractivity contribution < 1.29 is 0 Å². The van der Waals surface area contributed by atoms with Crippen molar-refractivity contribution in [2.24, 2.45) is 4.99 Å². The standard InChI is InChI=1S/C19H29N3S/c1-6-21(7-2)12-9-13-22-17(5)14-23-19(22)20-18-15(3)10-8-11-16(18)4/h8,10-11,14H,6-7,9,12-13H2,1-5H3. The maximum atomic E-state index is 4.97. The second kappa shape index (κ2) is 8.46. The number of hydrogen-bond donors (Lipinski definition) is 0. The van der Waals surface area contributed by atoms with Gasteiger partial charge in [0.05, 0.1) is 5.69 Å². The number of aromatic nitrogens is 1. The zero-order chi connectivity index (χ0) is 16.8. The van der Waals surface area contributed by atoms with Gasteiger partial charge in [-0.05, 0) is 58.0 Å². The summed E-state index contributed by atoms with van der Waals surface area (Å²) in [7, 11) is 0. The number of hydrogen-bond acceptors (Lipinski definition) is 3. The fourth-order valence-electron chi connectivity index (χ4n) is 2.84. The van der Waals surface area contributed by atoms with E-state index in [9.17, 15) is 0 Å². The number of thiazole rings is 1. The Balaban J connectivity index is 2.23. The second-order valence-corrected chi connectivity index (χ2v) is 6.88. The predicted molar refractivity (Wildman–Crippen MR) is 101 cm³/mol. The van der Waals surface area contributed by atoms with E-state index >= 15 is 0 Å². The molecule has 1 aromatic carbocycles. The van der Waals surface area contributed by atoms with Gasteiger partial charge in [0.1, 0.15) is 0 Å². The van der Waals surface area contributed by atoms with Crippen LogP contribution in [0.4, 0.5) is 5.69 Å². The summed E-state index contributed by atoms with van der Waals surface area (Å²) in [6.45, 7) is 15.4. The molecule has 0 unspecified atom stereocenters. The quantitative estimate of drug-likeness (QED) is 0.734. The smallest absolute Gasteiger partial charge is 0.190 e. The Morgan fingerprint density at radius 3 is 2.35 bits per heavy atom. The largest absolute Gasteiger partial charge is 0.321 e. The van der Waals surface area contributed by atoms with Crippen LogP contribution < -0.4 is 4.80 Å². The van der Waals surface area contributed by atoms with E-state index in [1.54, 1.807) is 11.3 Å². The lowest BCUT2D eigenvalue weighted by molar-refractivity contribution is 0.292. The summed E-state index contributed by atoms with van der Waals surface area (Å²) in [5.41, 5.74) is 4.91. The molecule has 0 aliphatic heterocycles. The molecule has 0 bridgehead atoms. The lowest BCUT2D eigenvalue weighted by Gasteiger charge is -2.18. The maximum Gasteiger partial charge on any atom is 0.190 e. The molecule has 0 fully saturated rings. The van der Waals surface area contributed by atoms with Gasteiger partial charge < -0.3 is 9.47 Å². The van der Waals surface area contributed by atoms with Crippen molar-refractivity contribution in [2.75, 3.05) is 19.6 Å². The topological polar surface area (TPSA) is 20.5 Å². The molecular weight excluding hydrogens is 302 g/mol. The van der Waals surface area contributed by atoms with Gasteiger partial charge in [-0.2, -0.15) is 0 Å². The molecule has 0 saturated carbocycles. The Hall–Kier alpha value is -1.39. The molecule has 1 aromatic heterocycles. The lowest BCUT2D eigenvalue weighted by atomic mass is 10.1. The minimum Gasteiger partial charge on any atom is -0.321 e. The average Bonchev–Trinajstić information content (AvgIpc) is 2.88. The number of aryl methyl sites for hydroxylation is 3. The SMILES string of the molecule is CCN(CC)CCCn1c(C)csc1=Nc1c(C)cccc1C. The minimum atomic E-state index is 1.04. The summed E-state index contributed by atoms with van der Waals surface area (Å²) in [4.78, 5) is 8.55. The molecule has 126 valence electrons. The van der Waals surface area contributed by atoms with E-state index in [1.165, 1.54) is 23.2 Å². The van der Waals surface area contributed by atoms with Gasteiger partial charge in [0, 0.05) is 17.6 Å². The van der Waals surface area contributed by atoms with Crippen LogP contribution in [-0.4, -0.2) is 29.1 Å². The van der Waals surface area contributed by atoms with E-state index in [1.807, 2.05) is 0 Å². The Labute approximate surface area is 144 Å². The first-order chi connectivity index (χ1) is 11.1. The first-order valence-electron chi connectivity index (χ1n) is 8.55. The van der Waals surface area contributed by atoms with E-state index in [-0.39, 0.29) is 0 Å². The predicted octanol–water partition coefficient (Wildman–Crippen LogP) is 4.44. The summed E-state index contributed by atoms with van der Waals surface area (Å²) in [5, 5.41) is 2.21. The first kappa shape index (κ1) is 18.0. The highest BCUT2D eigenvalue weighted by Crippen LogP contribution is 2.22. The van der Waals surface area contributed by atoms with Crippen LogP contribution in [0.1, 0.15) is 37.1 Å². The molecule has 0 aliphatic rings. The number of rotatable bonds is 7. The van der Waals surface area contributed by atoms with Gasteiger partial charge in [0.2, 0.25) is 0 Å². The van der Waals surface area contributed by atoms with E-state index in [0.29, 0.717) is 0 Å². The van der Waals surface area contributed by atoms with E-state index < -0.39 is 0 Å². The van der Waals surface area contributed by atoms with Crippen molar-refractivity contribution in [3.63, 3.8) is 0 Å². The number of para-hydroxylation sites is 1. The third-order valence-corrected chi connectivity index (χ3v) is 5.37. The van der Waals surface area contributed by atoms with Crippen molar-refractivity contribution in [1.82, 2.24) is 9.47 Å². The Morgan fingerprint density at radius 2 is 1.74 bits per heavy atom. The normalized spacial score (nSPS) is 12.3. The van der Waals surface area contributed by atoms with Crippen molar-refractivity contribution >= 4 is 17.0 Å². The highest BCUT2D eigenvalue weighted by atomic mass is 32.1. The van der Waals surface area contributed by atoms with Crippen molar-refractivity contribution in [1.29, 1.82) is 0 Å². The maximum absolute atomic E-state index is 4.97. The molecule has 2 rings (SSSR count). The zero-order valence-corrected chi connectivity index (χ0v) is 15.9. The second-order valence-electron chi connectivity index (χ2n) is 6.04. The number of benzene rings is 1. The highest BCUT2D eigenvalue weighted by molar-refractivity contribution is 7.07. The van der Waals surface area contributed by atoms with Crippen molar-refractivity contribution in [2.45, 2.75) is 47.6 Å². The third-order valence-electron chi connectivity index (χ3n) is 4.39. The molecule has 4 heteroatoms. The van der Waals surface area contributed by atoms with Crippen LogP contribution in [0.5, 0.6) is 0 Å². The van der Waals surface area contributed by atoms with E-state index in [2.05, 4.69) is 67.7 Å². The molecule has 0 atom stereocenters. The van der Waals surface area contributed by atoms with Crippen LogP contribution in [0.25, 0.3) is 0 Å². The van der Waals surface area contributed by atoms with Crippen LogP contribution in [0, 0.1) is 20.8 Å². The molecule has 0 saturated heterocycles.